The van der Waals surface area contributed by atoms with Crippen molar-refractivity contribution in [1.29, 1.82) is 0 Å². The first-order valence-corrected chi connectivity index (χ1v) is 6.62. The van der Waals surface area contributed by atoms with Gasteiger partial charge >= 0.3 is 5.69 Å². The SMILES string of the molecule is CC1(C)O[C@@H]2[C@H](O1)[C@@H](CO)O[C@H]2n1ncc(=S)[nH]c1=O. The van der Waals surface area contributed by atoms with Crippen molar-refractivity contribution in [3.8, 4) is 0 Å². The number of hydrogen-bond donors (Lipinski definition) is 2. The van der Waals surface area contributed by atoms with Crippen molar-refractivity contribution >= 4 is 12.2 Å². The molecule has 4 atom stereocenters. The molecule has 0 aromatic carbocycles. The van der Waals surface area contributed by atoms with Crippen molar-refractivity contribution in [2.24, 2.45) is 0 Å². The molecular weight excluding hydrogens is 286 g/mol. The molecule has 0 unspecified atom stereocenters. The Kier molecular flexibility index (Phi) is 3.26. The highest BCUT2D eigenvalue weighted by molar-refractivity contribution is 7.71. The van der Waals surface area contributed by atoms with Gasteiger partial charge in [0, 0.05) is 0 Å². The number of ether oxygens (including phenoxy) is 3. The fourth-order valence-electron chi connectivity index (χ4n) is 2.55. The van der Waals surface area contributed by atoms with E-state index in [0.717, 1.165) is 4.68 Å². The summed E-state index contributed by atoms with van der Waals surface area (Å²) in [5.41, 5.74) is -0.492. The summed E-state index contributed by atoms with van der Waals surface area (Å²) in [5.74, 6) is -0.796. The molecule has 2 N–H and O–H groups in total. The van der Waals surface area contributed by atoms with Crippen LogP contribution in [0.5, 0.6) is 0 Å². The quantitative estimate of drug-likeness (QED) is 0.724. The van der Waals surface area contributed by atoms with Crippen LogP contribution in [0.3, 0.4) is 0 Å². The number of fused-ring (bicyclic) bond motifs is 1. The Bertz CT molecular complexity index is 627. The van der Waals surface area contributed by atoms with Gasteiger partial charge in [0.15, 0.2) is 12.0 Å². The van der Waals surface area contributed by atoms with Crippen LogP contribution in [0.15, 0.2) is 11.0 Å². The Morgan fingerprint density at radius 1 is 1.50 bits per heavy atom. The van der Waals surface area contributed by atoms with Gasteiger partial charge in [-0.2, -0.15) is 9.78 Å². The zero-order valence-corrected chi connectivity index (χ0v) is 11.8. The number of aromatic amines is 1. The Balaban J connectivity index is 1.98. The molecule has 2 aliphatic heterocycles. The van der Waals surface area contributed by atoms with Crippen LogP contribution in [0.4, 0.5) is 0 Å². The van der Waals surface area contributed by atoms with Crippen molar-refractivity contribution in [2.75, 3.05) is 6.61 Å². The van der Waals surface area contributed by atoms with Crippen LogP contribution in [0.25, 0.3) is 0 Å². The van der Waals surface area contributed by atoms with E-state index in [9.17, 15) is 9.90 Å². The minimum absolute atomic E-state index is 0.227. The standard InChI is InChI=1S/C11H15N3O5S/c1-11(2)18-7-5(4-15)17-9(8(7)19-11)14-10(16)13-6(20)3-12-14/h3,5,7-9,15H,4H2,1-2H3,(H,13,16,20)/t5-,7-,8-,9-/m1/s1. The number of nitrogens with one attached hydrogen (secondary N) is 1. The third-order valence-corrected chi connectivity index (χ3v) is 3.49. The average molecular weight is 301 g/mol. The molecule has 0 amide bonds. The van der Waals surface area contributed by atoms with Gasteiger partial charge in [-0.15, -0.1) is 0 Å². The van der Waals surface area contributed by atoms with Gasteiger partial charge in [-0.3, -0.25) is 4.98 Å². The fraction of sp³-hybridized carbons (Fsp3) is 0.727. The van der Waals surface area contributed by atoms with E-state index >= 15 is 0 Å². The van der Waals surface area contributed by atoms with Gasteiger partial charge in [-0.1, -0.05) is 12.2 Å². The maximum absolute atomic E-state index is 11.9. The highest BCUT2D eigenvalue weighted by Gasteiger charge is 2.56. The summed E-state index contributed by atoms with van der Waals surface area (Å²) < 4.78 is 18.5. The third kappa shape index (κ3) is 2.21. The summed E-state index contributed by atoms with van der Waals surface area (Å²) in [7, 11) is 0. The molecule has 3 rings (SSSR count). The largest absolute Gasteiger partial charge is 0.394 e. The smallest absolute Gasteiger partial charge is 0.345 e. The molecule has 20 heavy (non-hydrogen) atoms. The zero-order chi connectivity index (χ0) is 14.5. The van der Waals surface area contributed by atoms with E-state index in [1.54, 1.807) is 13.8 Å². The molecule has 0 bridgehead atoms. The van der Waals surface area contributed by atoms with Gasteiger partial charge in [0.2, 0.25) is 0 Å². The molecule has 2 aliphatic rings. The monoisotopic (exact) mass is 301 g/mol. The number of rotatable bonds is 2. The van der Waals surface area contributed by atoms with Crippen molar-refractivity contribution in [2.45, 2.75) is 44.2 Å². The normalized spacial score (nSPS) is 35.1. The van der Waals surface area contributed by atoms with Crippen molar-refractivity contribution in [3.63, 3.8) is 0 Å². The molecule has 1 aromatic heterocycles. The molecule has 3 heterocycles. The predicted molar refractivity (Wildman–Crippen MR) is 68.5 cm³/mol. The highest BCUT2D eigenvalue weighted by atomic mass is 32.1. The minimum Gasteiger partial charge on any atom is -0.394 e. The van der Waals surface area contributed by atoms with Gasteiger partial charge in [0.1, 0.15) is 23.0 Å². The Morgan fingerprint density at radius 2 is 2.20 bits per heavy atom. The first-order chi connectivity index (χ1) is 9.41. The van der Waals surface area contributed by atoms with Crippen LogP contribution in [-0.4, -0.2) is 50.6 Å². The van der Waals surface area contributed by atoms with Gasteiger partial charge in [-0.05, 0) is 13.8 Å². The van der Waals surface area contributed by atoms with Crippen LogP contribution in [0, 0.1) is 4.64 Å². The summed E-state index contributed by atoms with van der Waals surface area (Å²) in [6, 6.07) is 0. The van der Waals surface area contributed by atoms with Crippen molar-refractivity contribution < 1.29 is 19.3 Å². The number of aromatic nitrogens is 3. The van der Waals surface area contributed by atoms with E-state index < -0.39 is 36.0 Å². The topological polar surface area (TPSA) is 98.6 Å². The summed E-state index contributed by atoms with van der Waals surface area (Å²) in [4.78, 5) is 14.4. The van der Waals surface area contributed by atoms with Crippen LogP contribution in [0.2, 0.25) is 0 Å². The minimum atomic E-state index is -0.796. The molecule has 2 saturated heterocycles. The molecule has 0 spiro atoms. The summed E-state index contributed by atoms with van der Waals surface area (Å²) >= 11 is 4.84. The maximum atomic E-state index is 11.9. The van der Waals surface area contributed by atoms with Crippen molar-refractivity contribution in [1.82, 2.24) is 14.8 Å². The second-order valence-electron chi connectivity index (χ2n) is 5.20. The molecule has 9 heteroatoms. The molecule has 110 valence electrons. The lowest BCUT2D eigenvalue weighted by atomic mass is 10.1. The fourth-order valence-corrected chi connectivity index (χ4v) is 2.68. The molecule has 2 fully saturated rings. The van der Waals surface area contributed by atoms with Crippen LogP contribution >= 0.6 is 12.2 Å². The van der Waals surface area contributed by atoms with Crippen molar-refractivity contribution in [3.05, 3.63) is 21.3 Å². The molecule has 8 nitrogen and oxygen atoms in total. The lowest BCUT2D eigenvalue weighted by molar-refractivity contribution is -0.202. The Labute approximate surface area is 119 Å². The summed E-state index contributed by atoms with van der Waals surface area (Å²) in [6.07, 6.45) is -0.946. The molecule has 0 aliphatic carbocycles. The second kappa shape index (κ2) is 4.71. The van der Waals surface area contributed by atoms with Crippen LogP contribution in [-0.2, 0) is 14.2 Å². The van der Waals surface area contributed by atoms with Gasteiger partial charge in [0.25, 0.3) is 0 Å². The molecule has 1 aromatic rings. The summed E-state index contributed by atoms with van der Waals surface area (Å²) in [6.45, 7) is 3.31. The Hall–Kier alpha value is -1.13. The highest BCUT2D eigenvalue weighted by Crippen LogP contribution is 2.42. The van der Waals surface area contributed by atoms with E-state index in [4.69, 9.17) is 26.4 Å². The van der Waals surface area contributed by atoms with Gasteiger partial charge in [-0.25, -0.2) is 4.79 Å². The number of aliphatic hydroxyl groups is 1. The van der Waals surface area contributed by atoms with E-state index in [1.807, 2.05) is 0 Å². The second-order valence-corrected chi connectivity index (χ2v) is 5.64. The average Bonchev–Trinajstić information content (AvgIpc) is 2.83. The third-order valence-electron chi connectivity index (χ3n) is 3.28. The molecule has 0 radical (unpaired) electrons. The lowest BCUT2D eigenvalue weighted by Gasteiger charge is -2.23. The first kappa shape index (κ1) is 13.8. The number of H-pyrrole nitrogens is 1. The molecular formula is C11H15N3O5S. The first-order valence-electron chi connectivity index (χ1n) is 6.21. The van der Waals surface area contributed by atoms with Gasteiger partial charge in [0.05, 0.1) is 12.8 Å². The van der Waals surface area contributed by atoms with E-state index in [0.29, 0.717) is 0 Å². The van der Waals surface area contributed by atoms with Gasteiger partial charge < -0.3 is 19.3 Å². The number of aliphatic hydroxyl groups excluding tert-OH is 1. The summed E-state index contributed by atoms with van der Waals surface area (Å²) in [5, 5.41) is 13.3. The van der Waals surface area contributed by atoms with E-state index in [1.165, 1.54) is 6.20 Å². The predicted octanol–water partition coefficient (Wildman–Crippen LogP) is -0.289. The Morgan fingerprint density at radius 3 is 2.85 bits per heavy atom. The maximum Gasteiger partial charge on any atom is 0.345 e. The number of nitrogens with zero attached hydrogens (tertiary/aromatic N) is 2. The number of hydrogen-bond acceptors (Lipinski definition) is 7. The van der Waals surface area contributed by atoms with Crippen LogP contribution in [0.1, 0.15) is 20.1 Å². The van der Waals surface area contributed by atoms with E-state index in [-0.39, 0.29) is 11.2 Å². The van der Waals surface area contributed by atoms with E-state index in [2.05, 4.69) is 10.1 Å². The van der Waals surface area contributed by atoms with Crippen LogP contribution < -0.4 is 5.69 Å². The zero-order valence-electron chi connectivity index (χ0n) is 11.0. The lowest BCUT2D eigenvalue weighted by Crippen LogP contribution is -2.36. The molecule has 0 saturated carbocycles.